The van der Waals surface area contributed by atoms with Gasteiger partial charge >= 0.3 is 5.97 Å². The molecule has 0 atom stereocenters. The van der Waals surface area contributed by atoms with E-state index in [1.165, 1.54) is 11.1 Å². The number of hydrogen-bond acceptors (Lipinski definition) is 1. The van der Waals surface area contributed by atoms with E-state index >= 15 is 0 Å². The molecule has 26 heavy (non-hydrogen) atoms. The third-order valence-corrected chi connectivity index (χ3v) is 7.32. The lowest BCUT2D eigenvalue weighted by Crippen LogP contribution is -2.42. The molecule has 0 bridgehead atoms. The molecule has 2 nitrogen and oxygen atoms in total. The zero-order chi connectivity index (χ0) is 19.5. The molecule has 2 aromatic rings. The Labute approximate surface area is 156 Å². The maximum Gasteiger partial charge on any atom is 0.335 e. The smallest absolute Gasteiger partial charge is 0.335 e. The van der Waals surface area contributed by atoms with Gasteiger partial charge in [-0.2, -0.15) is 0 Å². The Hall–Kier alpha value is -2.35. The van der Waals surface area contributed by atoms with E-state index in [0.717, 1.165) is 16.7 Å². The van der Waals surface area contributed by atoms with E-state index < -0.39 is 5.97 Å². The Bertz CT molecular complexity index is 896. The molecule has 0 fully saturated rings. The Balaban J connectivity index is 2.05. The molecule has 2 heteroatoms. The second-order valence-electron chi connectivity index (χ2n) is 9.00. The summed E-state index contributed by atoms with van der Waals surface area (Å²) in [7, 11) is 0. The fraction of sp³-hybridized carbons (Fsp3) is 0.375. The molecule has 1 N–H and O–H groups in total. The van der Waals surface area contributed by atoms with Crippen LogP contribution in [0.4, 0.5) is 0 Å². The normalized spacial score (nSPS) is 19.0. The van der Waals surface area contributed by atoms with Gasteiger partial charge in [-0.05, 0) is 56.2 Å². The zero-order valence-electron chi connectivity index (χ0n) is 16.6. The van der Waals surface area contributed by atoms with E-state index in [1.54, 1.807) is 12.1 Å². The second-order valence-corrected chi connectivity index (χ2v) is 9.00. The van der Waals surface area contributed by atoms with Crippen molar-refractivity contribution in [3.05, 3.63) is 76.9 Å². The van der Waals surface area contributed by atoms with Gasteiger partial charge in [0.1, 0.15) is 0 Å². The Morgan fingerprint density at radius 2 is 1.23 bits per heavy atom. The average Bonchev–Trinajstić information content (AvgIpc) is 2.69. The van der Waals surface area contributed by atoms with Crippen molar-refractivity contribution in [2.24, 2.45) is 5.41 Å². The predicted octanol–water partition coefficient (Wildman–Crippen LogP) is 6.04. The SMILES string of the molecule is C=C(c1ccc(C(=O)O)cc1)c1ccc2c(c1)C(C)(C)C(C)(C)C2(C)C. The predicted molar refractivity (Wildman–Crippen MR) is 108 cm³/mol. The number of rotatable bonds is 3. The van der Waals surface area contributed by atoms with E-state index in [4.69, 9.17) is 5.11 Å². The van der Waals surface area contributed by atoms with Crippen LogP contribution in [0, 0.1) is 5.41 Å². The summed E-state index contributed by atoms with van der Waals surface area (Å²) in [5.74, 6) is -0.911. The van der Waals surface area contributed by atoms with Gasteiger partial charge in [-0.15, -0.1) is 0 Å². The minimum absolute atomic E-state index is 0.0509. The van der Waals surface area contributed by atoms with Gasteiger partial charge in [0.25, 0.3) is 0 Å². The molecule has 0 aromatic heterocycles. The van der Waals surface area contributed by atoms with Crippen LogP contribution in [0.25, 0.3) is 5.57 Å². The number of carboxylic acids is 1. The number of fused-ring (bicyclic) bond motifs is 1. The van der Waals surface area contributed by atoms with Gasteiger partial charge in [0.15, 0.2) is 0 Å². The summed E-state index contributed by atoms with van der Waals surface area (Å²) >= 11 is 0. The first-order valence-electron chi connectivity index (χ1n) is 9.09. The van der Waals surface area contributed by atoms with Gasteiger partial charge in [-0.3, -0.25) is 0 Å². The van der Waals surface area contributed by atoms with Gasteiger partial charge in [-0.25, -0.2) is 4.79 Å². The molecule has 0 heterocycles. The van der Waals surface area contributed by atoms with Crippen molar-refractivity contribution in [3.8, 4) is 0 Å². The lowest BCUT2D eigenvalue weighted by Gasteiger charge is -2.44. The lowest BCUT2D eigenvalue weighted by atomic mass is 9.59. The Kier molecular flexibility index (Phi) is 3.95. The highest BCUT2D eigenvalue weighted by atomic mass is 16.4. The standard InChI is InChI=1S/C24H28O2/c1-15(16-8-10-17(11-9-16)21(25)26)18-12-13-19-20(14-18)23(4,5)24(6,7)22(19,2)3/h8-14H,1H2,2-7H3,(H,25,26). The molecule has 0 radical (unpaired) electrons. The summed E-state index contributed by atoms with van der Waals surface area (Å²) in [6.45, 7) is 18.3. The van der Waals surface area contributed by atoms with Crippen LogP contribution in [-0.4, -0.2) is 11.1 Å². The van der Waals surface area contributed by atoms with Gasteiger partial charge in [0.2, 0.25) is 0 Å². The molecule has 0 saturated heterocycles. The summed E-state index contributed by atoms with van der Waals surface area (Å²) < 4.78 is 0. The van der Waals surface area contributed by atoms with E-state index in [1.807, 2.05) is 12.1 Å². The average molecular weight is 348 g/mol. The van der Waals surface area contributed by atoms with Crippen molar-refractivity contribution in [2.75, 3.05) is 0 Å². The second kappa shape index (κ2) is 5.57. The first-order chi connectivity index (χ1) is 11.9. The van der Waals surface area contributed by atoms with Crippen molar-refractivity contribution in [1.82, 2.24) is 0 Å². The van der Waals surface area contributed by atoms with Gasteiger partial charge < -0.3 is 5.11 Å². The fourth-order valence-electron chi connectivity index (χ4n) is 4.23. The molecular weight excluding hydrogens is 320 g/mol. The van der Waals surface area contributed by atoms with Gasteiger partial charge in [-0.1, -0.05) is 78.5 Å². The third-order valence-electron chi connectivity index (χ3n) is 7.32. The molecule has 1 aliphatic rings. The monoisotopic (exact) mass is 348 g/mol. The highest BCUT2D eigenvalue weighted by molar-refractivity contribution is 5.88. The number of carboxylic acid groups (broad SMARTS) is 1. The van der Waals surface area contributed by atoms with Crippen LogP contribution in [0.3, 0.4) is 0 Å². The third kappa shape index (κ3) is 2.35. The van der Waals surface area contributed by atoms with Gasteiger partial charge in [0, 0.05) is 0 Å². The Morgan fingerprint density at radius 1 is 0.769 bits per heavy atom. The molecule has 0 aliphatic heterocycles. The molecule has 0 unspecified atom stereocenters. The minimum Gasteiger partial charge on any atom is -0.478 e. The Morgan fingerprint density at radius 3 is 1.77 bits per heavy atom. The van der Waals surface area contributed by atoms with Crippen molar-refractivity contribution in [2.45, 2.75) is 52.4 Å². The highest BCUT2D eigenvalue weighted by Gasteiger charge is 2.56. The number of hydrogen-bond donors (Lipinski definition) is 1. The van der Waals surface area contributed by atoms with Crippen molar-refractivity contribution in [1.29, 1.82) is 0 Å². The van der Waals surface area contributed by atoms with Crippen LogP contribution in [0.5, 0.6) is 0 Å². The van der Waals surface area contributed by atoms with Crippen molar-refractivity contribution >= 4 is 11.5 Å². The molecule has 3 rings (SSSR count). The summed E-state index contributed by atoms with van der Waals surface area (Å²) in [6.07, 6.45) is 0. The van der Waals surface area contributed by atoms with E-state index in [-0.39, 0.29) is 16.2 Å². The molecule has 136 valence electrons. The first-order valence-corrected chi connectivity index (χ1v) is 9.09. The van der Waals surface area contributed by atoms with E-state index in [0.29, 0.717) is 5.56 Å². The van der Waals surface area contributed by atoms with Crippen LogP contribution < -0.4 is 0 Å². The highest BCUT2D eigenvalue weighted by Crippen LogP contribution is 2.61. The fourth-order valence-corrected chi connectivity index (χ4v) is 4.23. The van der Waals surface area contributed by atoms with Gasteiger partial charge in [0.05, 0.1) is 5.56 Å². The number of aromatic carboxylic acids is 1. The molecule has 0 saturated carbocycles. The topological polar surface area (TPSA) is 37.3 Å². The lowest BCUT2D eigenvalue weighted by molar-refractivity contribution is 0.0697. The molecule has 1 aliphatic carbocycles. The number of benzene rings is 2. The minimum atomic E-state index is -0.911. The van der Waals surface area contributed by atoms with Crippen LogP contribution >= 0.6 is 0 Å². The molecule has 0 amide bonds. The quantitative estimate of drug-likeness (QED) is 0.734. The summed E-state index contributed by atoms with van der Waals surface area (Å²) in [6, 6.07) is 13.6. The van der Waals surface area contributed by atoms with Crippen molar-refractivity contribution < 1.29 is 9.90 Å². The van der Waals surface area contributed by atoms with E-state index in [2.05, 4.69) is 66.3 Å². The van der Waals surface area contributed by atoms with Crippen LogP contribution in [0.1, 0.15) is 74.2 Å². The maximum atomic E-state index is 11.1. The zero-order valence-corrected chi connectivity index (χ0v) is 16.6. The first kappa shape index (κ1) is 18.4. The van der Waals surface area contributed by atoms with Crippen molar-refractivity contribution in [3.63, 3.8) is 0 Å². The molecule has 2 aromatic carbocycles. The van der Waals surface area contributed by atoms with Crippen LogP contribution in [-0.2, 0) is 10.8 Å². The summed E-state index contributed by atoms with van der Waals surface area (Å²) in [4.78, 5) is 11.1. The van der Waals surface area contributed by atoms with Crippen LogP contribution in [0.15, 0.2) is 49.0 Å². The number of carbonyl (C=O) groups is 1. The van der Waals surface area contributed by atoms with Crippen LogP contribution in [0.2, 0.25) is 0 Å². The summed E-state index contributed by atoms with van der Waals surface area (Å²) in [5.41, 5.74) is 6.31. The molecular formula is C24H28O2. The molecule has 0 spiro atoms. The maximum absolute atomic E-state index is 11.1. The largest absolute Gasteiger partial charge is 0.478 e. The van der Waals surface area contributed by atoms with E-state index in [9.17, 15) is 4.79 Å². The summed E-state index contributed by atoms with van der Waals surface area (Å²) in [5, 5.41) is 9.07.